The Hall–Kier alpha value is -2.56. The number of hydrogen-bond donors (Lipinski definition) is 0. The van der Waals surface area contributed by atoms with Crippen molar-refractivity contribution >= 4 is 11.6 Å². The number of aryl methyl sites for hydroxylation is 3. The smallest absolute Gasteiger partial charge is 0.257 e. The van der Waals surface area contributed by atoms with Crippen LogP contribution in [0, 0.1) is 6.92 Å². The van der Waals surface area contributed by atoms with Gasteiger partial charge in [0, 0.05) is 44.3 Å². The highest BCUT2D eigenvalue weighted by atomic mass is 16.5. The van der Waals surface area contributed by atoms with Crippen molar-refractivity contribution in [3.63, 3.8) is 0 Å². The zero-order valence-corrected chi connectivity index (χ0v) is 16.2. The summed E-state index contributed by atoms with van der Waals surface area (Å²) >= 11 is 0. The van der Waals surface area contributed by atoms with Gasteiger partial charge in [-0.05, 0) is 67.5 Å². The Morgan fingerprint density at radius 3 is 2.67 bits per heavy atom. The number of anilines is 1. The zero-order chi connectivity index (χ0) is 18.8. The van der Waals surface area contributed by atoms with Gasteiger partial charge in [-0.2, -0.15) is 0 Å². The number of benzene rings is 1. The van der Waals surface area contributed by atoms with Crippen LogP contribution >= 0.6 is 0 Å². The van der Waals surface area contributed by atoms with Gasteiger partial charge in [0.15, 0.2) is 0 Å². The second-order valence-corrected chi connectivity index (χ2v) is 7.47. The van der Waals surface area contributed by atoms with Crippen LogP contribution in [0.2, 0.25) is 0 Å². The number of aromatic nitrogens is 1. The fourth-order valence-corrected chi connectivity index (χ4v) is 4.29. The van der Waals surface area contributed by atoms with E-state index in [0.717, 1.165) is 45.4 Å². The van der Waals surface area contributed by atoms with Gasteiger partial charge >= 0.3 is 0 Å². The number of carbonyl (C=O) groups excluding carboxylic acids is 1. The highest BCUT2D eigenvalue weighted by molar-refractivity contribution is 5.97. The van der Waals surface area contributed by atoms with Gasteiger partial charge in [-0.3, -0.25) is 9.78 Å². The van der Waals surface area contributed by atoms with Gasteiger partial charge in [0.1, 0.15) is 5.75 Å². The number of nitrogens with zero attached hydrogens (tertiary/aromatic N) is 3. The molecule has 0 saturated carbocycles. The molecule has 27 heavy (non-hydrogen) atoms. The van der Waals surface area contributed by atoms with Gasteiger partial charge in [0.2, 0.25) is 0 Å². The molecular formula is C22H27N3O2. The van der Waals surface area contributed by atoms with E-state index in [-0.39, 0.29) is 5.91 Å². The van der Waals surface area contributed by atoms with Crippen LogP contribution in [0.3, 0.4) is 0 Å². The molecule has 4 rings (SSSR count). The van der Waals surface area contributed by atoms with Crippen molar-refractivity contribution in [2.75, 3.05) is 38.2 Å². The predicted octanol–water partition coefficient (Wildman–Crippen LogP) is 3.24. The molecule has 1 saturated heterocycles. The van der Waals surface area contributed by atoms with Crippen LogP contribution in [0.5, 0.6) is 5.75 Å². The molecule has 0 bridgehead atoms. The molecule has 1 aromatic carbocycles. The Balaban J connectivity index is 1.53. The Morgan fingerprint density at radius 1 is 1.07 bits per heavy atom. The summed E-state index contributed by atoms with van der Waals surface area (Å²) in [5.41, 5.74) is 5.75. The average Bonchev–Trinajstić information content (AvgIpc) is 3.01. The van der Waals surface area contributed by atoms with Crippen LogP contribution in [-0.2, 0) is 12.8 Å². The Labute approximate surface area is 161 Å². The van der Waals surface area contributed by atoms with E-state index in [1.807, 2.05) is 17.3 Å². The van der Waals surface area contributed by atoms with E-state index >= 15 is 0 Å². The topological polar surface area (TPSA) is 45.7 Å². The standard InChI is InChI=1S/C22H27N3O2/c1-16-15-23-8-7-20(16)24-9-4-10-25(12-11-24)22(26)19-13-17-5-3-6-18(17)14-21(19)27-2/h7-8,13-15H,3-6,9-12H2,1-2H3. The maximum atomic E-state index is 13.3. The molecular weight excluding hydrogens is 338 g/mol. The summed E-state index contributed by atoms with van der Waals surface area (Å²) in [5.74, 6) is 0.807. The third-order valence-corrected chi connectivity index (χ3v) is 5.76. The first-order valence-corrected chi connectivity index (χ1v) is 9.82. The van der Waals surface area contributed by atoms with Gasteiger partial charge in [-0.15, -0.1) is 0 Å². The molecule has 1 fully saturated rings. The van der Waals surface area contributed by atoms with Crippen LogP contribution in [0.1, 0.15) is 39.9 Å². The fraction of sp³-hybridized carbons (Fsp3) is 0.455. The van der Waals surface area contributed by atoms with E-state index in [4.69, 9.17) is 4.74 Å². The molecule has 5 heteroatoms. The third-order valence-electron chi connectivity index (χ3n) is 5.76. The molecule has 1 amide bonds. The van der Waals surface area contributed by atoms with E-state index in [9.17, 15) is 4.79 Å². The van der Waals surface area contributed by atoms with Crippen molar-refractivity contribution in [2.24, 2.45) is 0 Å². The molecule has 0 N–H and O–H groups in total. The Morgan fingerprint density at radius 2 is 1.89 bits per heavy atom. The first kappa shape index (κ1) is 17.8. The second kappa shape index (κ2) is 7.59. The number of amides is 1. The van der Waals surface area contributed by atoms with Crippen molar-refractivity contribution in [1.82, 2.24) is 9.88 Å². The summed E-state index contributed by atoms with van der Waals surface area (Å²) < 4.78 is 5.56. The molecule has 2 aromatic rings. The first-order chi connectivity index (χ1) is 13.2. The summed E-state index contributed by atoms with van der Waals surface area (Å²) in [6.45, 7) is 5.38. The summed E-state index contributed by atoms with van der Waals surface area (Å²) in [6, 6.07) is 6.20. The fourth-order valence-electron chi connectivity index (χ4n) is 4.29. The quantitative estimate of drug-likeness (QED) is 0.838. The SMILES string of the molecule is COc1cc2c(cc1C(=O)N1CCCN(c3ccncc3C)CC1)CCC2. The maximum Gasteiger partial charge on any atom is 0.257 e. The minimum absolute atomic E-state index is 0.0925. The summed E-state index contributed by atoms with van der Waals surface area (Å²) in [5, 5.41) is 0. The lowest BCUT2D eigenvalue weighted by Gasteiger charge is -2.25. The van der Waals surface area contributed by atoms with E-state index < -0.39 is 0 Å². The van der Waals surface area contributed by atoms with Gasteiger partial charge in [0.25, 0.3) is 5.91 Å². The van der Waals surface area contributed by atoms with Gasteiger partial charge in [-0.1, -0.05) is 0 Å². The second-order valence-electron chi connectivity index (χ2n) is 7.47. The van der Waals surface area contributed by atoms with E-state index in [2.05, 4.69) is 35.0 Å². The molecule has 0 radical (unpaired) electrons. The molecule has 0 unspecified atom stereocenters. The number of ether oxygens (including phenoxy) is 1. The normalized spacial score (nSPS) is 16.8. The van der Waals surface area contributed by atoms with Crippen molar-refractivity contribution in [1.29, 1.82) is 0 Å². The maximum absolute atomic E-state index is 13.3. The third kappa shape index (κ3) is 3.51. The lowest BCUT2D eigenvalue weighted by Crippen LogP contribution is -2.35. The summed E-state index contributed by atoms with van der Waals surface area (Å²) in [6.07, 6.45) is 8.02. The highest BCUT2D eigenvalue weighted by Gasteiger charge is 2.25. The predicted molar refractivity (Wildman–Crippen MR) is 107 cm³/mol. The first-order valence-electron chi connectivity index (χ1n) is 9.82. The largest absolute Gasteiger partial charge is 0.496 e. The Kier molecular flexibility index (Phi) is 5.01. The van der Waals surface area contributed by atoms with Gasteiger partial charge in [0.05, 0.1) is 12.7 Å². The average molecular weight is 365 g/mol. The molecule has 0 spiro atoms. The van der Waals surface area contributed by atoms with Gasteiger partial charge in [-0.25, -0.2) is 0 Å². The lowest BCUT2D eigenvalue weighted by atomic mass is 10.0. The monoisotopic (exact) mass is 365 g/mol. The van der Waals surface area contributed by atoms with Crippen molar-refractivity contribution < 1.29 is 9.53 Å². The van der Waals surface area contributed by atoms with E-state index in [1.165, 1.54) is 28.8 Å². The minimum Gasteiger partial charge on any atom is -0.496 e. The molecule has 1 aliphatic carbocycles. The summed E-state index contributed by atoms with van der Waals surface area (Å²) in [4.78, 5) is 21.8. The van der Waals surface area contributed by atoms with Crippen molar-refractivity contribution in [3.8, 4) is 5.75 Å². The van der Waals surface area contributed by atoms with Crippen LogP contribution in [0.15, 0.2) is 30.6 Å². The number of carbonyl (C=O) groups is 1. The van der Waals surface area contributed by atoms with E-state index in [1.54, 1.807) is 7.11 Å². The summed E-state index contributed by atoms with van der Waals surface area (Å²) in [7, 11) is 1.66. The van der Waals surface area contributed by atoms with Crippen LogP contribution < -0.4 is 9.64 Å². The molecule has 1 aromatic heterocycles. The van der Waals surface area contributed by atoms with Crippen molar-refractivity contribution in [2.45, 2.75) is 32.6 Å². The number of pyridine rings is 1. The highest BCUT2D eigenvalue weighted by Crippen LogP contribution is 2.31. The molecule has 2 heterocycles. The minimum atomic E-state index is 0.0925. The molecule has 142 valence electrons. The molecule has 2 aliphatic rings. The number of fused-ring (bicyclic) bond motifs is 1. The van der Waals surface area contributed by atoms with Gasteiger partial charge < -0.3 is 14.5 Å². The lowest BCUT2D eigenvalue weighted by molar-refractivity contribution is 0.0763. The number of rotatable bonds is 3. The van der Waals surface area contributed by atoms with E-state index in [0.29, 0.717) is 11.3 Å². The van der Waals surface area contributed by atoms with Crippen LogP contribution in [0.4, 0.5) is 5.69 Å². The Bertz CT molecular complexity index is 849. The van der Waals surface area contributed by atoms with Crippen LogP contribution in [-0.4, -0.2) is 49.1 Å². The van der Waals surface area contributed by atoms with Crippen molar-refractivity contribution in [3.05, 3.63) is 52.8 Å². The molecule has 0 atom stereocenters. The van der Waals surface area contributed by atoms with Crippen LogP contribution in [0.25, 0.3) is 0 Å². The number of methoxy groups -OCH3 is 1. The number of hydrogen-bond acceptors (Lipinski definition) is 4. The molecule has 1 aliphatic heterocycles. The zero-order valence-electron chi connectivity index (χ0n) is 16.2. The molecule has 5 nitrogen and oxygen atoms in total.